The number of aromatic nitrogens is 3. The molecule has 3 rings (SSSR count). The van der Waals surface area contributed by atoms with Crippen molar-refractivity contribution in [2.75, 3.05) is 10.5 Å². The van der Waals surface area contributed by atoms with Gasteiger partial charge < -0.3 is 0 Å². The summed E-state index contributed by atoms with van der Waals surface area (Å²) in [4.78, 5) is 14.6. The minimum Gasteiger partial charge on any atom is -0.280 e. The van der Waals surface area contributed by atoms with E-state index in [1.165, 1.54) is 23.5 Å². The Labute approximate surface area is 210 Å². The van der Waals surface area contributed by atoms with Crippen LogP contribution in [0.15, 0.2) is 24.4 Å². The molecular formula is C24H30ClFN4O2S2. The molecule has 3 aromatic rings. The summed E-state index contributed by atoms with van der Waals surface area (Å²) in [6.45, 7) is 13.9. The van der Waals surface area contributed by atoms with Gasteiger partial charge in [-0.1, -0.05) is 60.1 Å². The van der Waals surface area contributed by atoms with Crippen LogP contribution in [-0.4, -0.2) is 29.1 Å². The molecule has 10 heteroatoms. The van der Waals surface area contributed by atoms with E-state index < -0.39 is 15.8 Å². The summed E-state index contributed by atoms with van der Waals surface area (Å²) in [5, 5.41) is 0.987. The zero-order chi connectivity index (χ0) is 25.5. The van der Waals surface area contributed by atoms with E-state index in [-0.39, 0.29) is 32.9 Å². The fraction of sp³-hybridized carbons (Fsp3) is 0.458. The van der Waals surface area contributed by atoms with Gasteiger partial charge in [0.25, 0.3) is 0 Å². The van der Waals surface area contributed by atoms with Crippen molar-refractivity contribution in [3.05, 3.63) is 46.1 Å². The summed E-state index contributed by atoms with van der Waals surface area (Å²) >= 11 is 7.73. The predicted molar refractivity (Wildman–Crippen MR) is 139 cm³/mol. The number of rotatable bonds is 6. The molecule has 0 aliphatic heterocycles. The second-order valence-corrected chi connectivity index (χ2v) is 13.5. The average Bonchev–Trinajstić information content (AvgIpc) is 3.15. The van der Waals surface area contributed by atoms with Gasteiger partial charge in [-0.2, -0.15) is 0 Å². The van der Waals surface area contributed by atoms with Crippen LogP contribution >= 0.6 is 22.9 Å². The molecule has 0 unspecified atom stereocenters. The molecular weight excluding hydrogens is 495 g/mol. The molecule has 2 heterocycles. The van der Waals surface area contributed by atoms with Crippen molar-refractivity contribution in [2.24, 2.45) is 0 Å². The number of benzene rings is 1. The Morgan fingerprint density at radius 1 is 1.09 bits per heavy atom. The molecule has 1 aromatic carbocycles. The molecule has 2 aromatic heterocycles. The van der Waals surface area contributed by atoms with Crippen molar-refractivity contribution in [1.29, 1.82) is 0 Å². The van der Waals surface area contributed by atoms with Gasteiger partial charge in [0.2, 0.25) is 10.0 Å². The van der Waals surface area contributed by atoms with Crippen LogP contribution in [0, 0.1) is 5.82 Å². The van der Waals surface area contributed by atoms with Crippen molar-refractivity contribution in [1.82, 2.24) is 15.0 Å². The highest BCUT2D eigenvalue weighted by Crippen LogP contribution is 2.43. The first-order chi connectivity index (χ1) is 15.6. The Balaban J connectivity index is 2.26. The quantitative estimate of drug-likeness (QED) is 0.383. The van der Waals surface area contributed by atoms with Crippen LogP contribution in [0.5, 0.6) is 0 Å². The lowest BCUT2D eigenvalue weighted by atomic mass is 9.95. The number of nitrogens with zero attached hydrogens (tertiary/aromatic N) is 3. The molecule has 1 N–H and O–H groups in total. The Morgan fingerprint density at radius 2 is 1.76 bits per heavy atom. The maximum absolute atomic E-state index is 15.7. The Hall–Kier alpha value is -2.10. The van der Waals surface area contributed by atoms with E-state index in [9.17, 15) is 8.42 Å². The summed E-state index contributed by atoms with van der Waals surface area (Å²) in [6, 6.07) is 4.50. The van der Waals surface area contributed by atoms with Gasteiger partial charge in [0.05, 0.1) is 32.7 Å². The molecule has 34 heavy (non-hydrogen) atoms. The normalized spacial score (nSPS) is 12.7. The van der Waals surface area contributed by atoms with Gasteiger partial charge >= 0.3 is 0 Å². The molecule has 0 atom stereocenters. The molecule has 0 amide bonds. The van der Waals surface area contributed by atoms with Crippen molar-refractivity contribution in [2.45, 2.75) is 65.7 Å². The van der Waals surface area contributed by atoms with Crippen molar-refractivity contribution in [3.63, 3.8) is 0 Å². The largest absolute Gasteiger partial charge is 0.280 e. The molecule has 0 aliphatic rings. The Morgan fingerprint density at radius 3 is 2.35 bits per heavy atom. The molecule has 0 aliphatic carbocycles. The van der Waals surface area contributed by atoms with Crippen LogP contribution in [0.3, 0.4) is 0 Å². The second-order valence-electron chi connectivity index (χ2n) is 10.2. The third kappa shape index (κ3) is 5.93. The van der Waals surface area contributed by atoms with Gasteiger partial charge in [-0.3, -0.25) is 4.72 Å². The van der Waals surface area contributed by atoms with Gasteiger partial charge in [0, 0.05) is 27.6 Å². The Kier molecular flexibility index (Phi) is 7.41. The number of hydrogen-bond acceptors (Lipinski definition) is 6. The average molecular weight is 525 g/mol. The van der Waals surface area contributed by atoms with Crippen molar-refractivity contribution < 1.29 is 12.8 Å². The number of hydrogen-bond donors (Lipinski definition) is 1. The number of halogens is 2. The van der Waals surface area contributed by atoms with Gasteiger partial charge in [-0.25, -0.2) is 27.8 Å². The van der Waals surface area contributed by atoms with E-state index in [0.717, 1.165) is 5.01 Å². The summed E-state index contributed by atoms with van der Waals surface area (Å²) in [5.74, 6) is -0.205. The predicted octanol–water partition coefficient (Wildman–Crippen LogP) is 6.81. The van der Waals surface area contributed by atoms with Crippen LogP contribution in [0.25, 0.3) is 21.8 Å². The van der Waals surface area contributed by atoms with Gasteiger partial charge in [-0.15, -0.1) is 11.3 Å². The Bertz CT molecular complexity index is 1310. The fourth-order valence-electron chi connectivity index (χ4n) is 3.17. The van der Waals surface area contributed by atoms with E-state index in [1.807, 2.05) is 41.5 Å². The van der Waals surface area contributed by atoms with E-state index in [4.69, 9.17) is 21.6 Å². The topological polar surface area (TPSA) is 84.8 Å². The summed E-state index contributed by atoms with van der Waals surface area (Å²) in [5.41, 5.74) is 0.322. The van der Waals surface area contributed by atoms with Crippen molar-refractivity contribution >= 4 is 38.6 Å². The monoisotopic (exact) mass is 524 g/mol. The molecule has 0 saturated heterocycles. The van der Waals surface area contributed by atoms with Crippen LogP contribution < -0.4 is 4.72 Å². The number of thiazole rings is 1. The van der Waals surface area contributed by atoms with E-state index in [2.05, 4.69) is 9.71 Å². The van der Waals surface area contributed by atoms with E-state index in [0.29, 0.717) is 28.5 Å². The maximum atomic E-state index is 15.7. The molecule has 0 saturated carbocycles. The SMILES string of the molecule is CCCS(=O)(=O)Nc1cc(Cl)cc(-c2nc(C(C)(C)C)sc2-c2ccnc(C(C)(C)C)n2)c1F. The molecule has 6 nitrogen and oxygen atoms in total. The zero-order valence-electron chi connectivity index (χ0n) is 20.5. The third-order valence-corrected chi connectivity index (χ3v) is 8.06. The van der Waals surface area contributed by atoms with Gasteiger partial charge in [0.15, 0.2) is 5.82 Å². The number of sulfonamides is 1. The lowest BCUT2D eigenvalue weighted by Crippen LogP contribution is -2.17. The van der Waals surface area contributed by atoms with Crippen LogP contribution in [-0.2, 0) is 20.9 Å². The molecule has 184 valence electrons. The van der Waals surface area contributed by atoms with Crippen molar-refractivity contribution in [3.8, 4) is 21.8 Å². The lowest BCUT2D eigenvalue weighted by Gasteiger charge is -2.17. The number of nitrogens with one attached hydrogen (secondary N) is 1. The minimum atomic E-state index is -3.71. The standard InChI is InChI=1S/C24H30ClFN4O2S2/c1-8-11-34(31,32)30-17-13-14(25)12-15(18(17)26)19-20(33-22(29-19)24(5,6)7)16-9-10-27-21(28-16)23(2,3)4/h9-10,12-13,30H,8,11H2,1-7H3. The van der Waals surface area contributed by atoms with E-state index in [1.54, 1.807) is 19.2 Å². The van der Waals surface area contributed by atoms with E-state index >= 15 is 4.39 Å². The first kappa shape index (κ1) is 26.5. The first-order valence-corrected chi connectivity index (χ1v) is 13.8. The molecule has 0 bridgehead atoms. The minimum absolute atomic E-state index is 0.111. The first-order valence-electron chi connectivity index (χ1n) is 11.0. The van der Waals surface area contributed by atoms with Crippen LogP contribution in [0.1, 0.15) is 65.7 Å². The third-order valence-electron chi connectivity index (χ3n) is 4.86. The highest BCUT2D eigenvalue weighted by Gasteiger charge is 2.28. The fourth-order valence-corrected chi connectivity index (χ4v) is 5.62. The maximum Gasteiger partial charge on any atom is 0.232 e. The molecule has 0 radical (unpaired) electrons. The van der Waals surface area contributed by atoms with Crippen LogP contribution in [0.2, 0.25) is 5.02 Å². The lowest BCUT2D eigenvalue weighted by molar-refractivity contribution is 0.546. The summed E-state index contributed by atoms with van der Waals surface area (Å²) < 4.78 is 42.7. The second kappa shape index (κ2) is 9.51. The van der Waals surface area contributed by atoms with Gasteiger partial charge in [-0.05, 0) is 24.6 Å². The molecule has 0 spiro atoms. The van der Waals surface area contributed by atoms with Gasteiger partial charge in [0.1, 0.15) is 5.82 Å². The highest BCUT2D eigenvalue weighted by atomic mass is 35.5. The zero-order valence-corrected chi connectivity index (χ0v) is 22.8. The van der Waals surface area contributed by atoms with Crippen LogP contribution in [0.4, 0.5) is 10.1 Å². The smallest absolute Gasteiger partial charge is 0.232 e. The molecule has 0 fully saturated rings. The summed E-state index contributed by atoms with van der Waals surface area (Å²) in [7, 11) is -3.71. The summed E-state index contributed by atoms with van der Waals surface area (Å²) in [6.07, 6.45) is 2.08. The number of anilines is 1. The highest BCUT2D eigenvalue weighted by molar-refractivity contribution is 7.92.